The van der Waals surface area contributed by atoms with Gasteiger partial charge in [-0.25, -0.2) is 4.39 Å². The van der Waals surface area contributed by atoms with E-state index < -0.39 is 17.6 Å². The fourth-order valence-electron chi connectivity index (χ4n) is 3.45. The first-order valence-corrected chi connectivity index (χ1v) is 10.0. The lowest BCUT2D eigenvalue weighted by atomic mass is 9.89. The number of oxime groups is 1. The number of carbonyl (C=O) groups excluding carboxylic acids is 2. The van der Waals surface area contributed by atoms with Crippen LogP contribution in [0.3, 0.4) is 0 Å². The Morgan fingerprint density at radius 1 is 1.00 bits per heavy atom. The number of nitrogens with zero attached hydrogens (tertiary/aromatic N) is 2. The molecular weight excluding hydrogens is 419 g/mol. The van der Waals surface area contributed by atoms with E-state index in [4.69, 9.17) is 16.4 Å². The molecule has 31 heavy (non-hydrogen) atoms. The van der Waals surface area contributed by atoms with Crippen LogP contribution < -0.4 is 0 Å². The molecular formula is C24H18ClFN2O3. The fraction of sp³-hybridized carbons (Fsp3) is 0.125. The van der Waals surface area contributed by atoms with Gasteiger partial charge >= 0.3 is 0 Å². The van der Waals surface area contributed by atoms with Crippen molar-refractivity contribution in [3.05, 3.63) is 106 Å². The SMILES string of the molecule is O=C1c2ccccc2C(/C=N/OCc2c(F)cccc2Cl)C(=O)N1Cc1ccccc1. The van der Waals surface area contributed by atoms with Gasteiger partial charge in [0.05, 0.1) is 17.8 Å². The van der Waals surface area contributed by atoms with Crippen LogP contribution in [-0.2, 0) is 22.8 Å². The maximum Gasteiger partial charge on any atom is 0.261 e. The van der Waals surface area contributed by atoms with Crippen LogP contribution in [0.5, 0.6) is 0 Å². The van der Waals surface area contributed by atoms with E-state index in [2.05, 4.69) is 5.16 Å². The molecule has 0 aliphatic carbocycles. The number of rotatable bonds is 6. The Labute approximate surface area is 183 Å². The summed E-state index contributed by atoms with van der Waals surface area (Å²) < 4.78 is 13.9. The first-order chi connectivity index (χ1) is 15.1. The second-order valence-corrected chi connectivity index (χ2v) is 7.42. The largest absolute Gasteiger partial charge is 0.391 e. The molecule has 1 atom stereocenters. The zero-order chi connectivity index (χ0) is 21.8. The van der Waals surface area contributed by atoms with E-state index in [-0.39, 0.29) is 29.6 Å². The summed E-state index contributed by atoms with van der Waals surface area (Å²) in [5.74, 6) is -2.05. The standard InChI is InChI=1S/C24H18ClFN2O3/c25-21-11-6-12-22(26)20(21)15-31-27-13-19-17-9-4-5-10-18(17)23(29)28(24(19)30)14-16-7-2-1-3-8-16/h1-13,19H,14-15H2/b27-13+. The van der Waals surface area contributed by atoms with Gasteiger partial charge in [-0.15, -0.1) is 0 Å². The van der Waals surface area contributed by atoms with Crippen LogP contribution in [-0.4, -0.2) is 22.9 Å². The Bertz CT molecular complexity index is 1130. The Kier molecular flexibility index (Phi) is 6.09. The van der Waals surface area contributed by atoms with Crippen LogP contribution in [0.15, 0.2) is 78.0 Å². The maximum absolute atomic E-state index is 13.9. The van der Waals surface area contributed by atoms with Crippen molar-refractivity contribution in [2.45, 2.75) is 19.1 Å². The molecule has 0 bridgehead atoms. The third-order valence-corrected chi connectivity index (χ3v) is 5.40. The van der Waals surface area contributed by atoms with Crippen molar-refractivity contribution in [2.24, 2.45) is 5.16 Å². The van der Waals surface area contributed by atoms with Gasteiger partial charge in [0.25, 0.3) is 5.91 Å². The molecule has 1 aliphatic heterocycles. The molecule has 4 rings (SSSR count). The lowest BCUT2D eigenvalue weighted by Gasteiger charge is -2.30. The number of hydrogen-bond donors (Lipinski definition) is 0. The molecule has 0 spiro atoms. The third-order valence-electron chi connectivity index (χ3n) is 5.04. The molecule has 0 fully saturated rings. The molecule has 0 radical (unpaired) electrons. The minimum Gasteiger partial charge on any atom is -0.391 e. The summed E-state index contributed by atoms with van der Waals surface area (Å²) in [4.78, 5) is 32.5. The second kappa shape index (κ2) is 9.10. The van der Waals surface area contributed by atoms with Gasteiger partial charge in [-0.2, -0.15) is 0 Å². The summed E-state index contributed by atoms with van der Waals surface area (Å²) in [7, 11) is 0. The lowest BCUT2D eigenvalue weighted by molar-refractivity contribution is -0.129. The zero-order valence-electron chi connectivity index (χ0n) is 16.4. The normalized spacial score (nSPS) is 15.9. The van der Waals surface area contributed by atoms with Crippen molar-refractivity contribution in [3.63, 3.8) is 0 Å². The Balaban J connectivity index is 1.57. The topological polar surface area (TPSA) is 59.0 Å². The smallest absolute Gasteiger partial charge is 0.261 e. The van der Waals surface area contributed by atoms with E-state index in [0.717, 1.165) is 5.56 Å². The third kappa shape index (κ3) is 4.34. The van der Waals surface area contributed by atoms with Crippen LogP contribution in [0, 0.1) is 5.82 Å². The Morgan fingerprint density at radius 2 is 1.74 bits per heavy atom. The van der Waals surface area contributed by atoms with E-state index in [0.29, 0.717) is 11.1 Å². The first kappa shape index (κ1) is 20.8. The number of fused-ring (bicyclic) bond motifs is 1. The average Bonchev–Trinajstić information content (AvgIpc) is 2.78. The lowest BCUT2D eigenvalue weighted by Crippen LogP contribution is -2.44. The summed E-state index contributed by atoms with van der Waals surface area (Å²) in [5.41, 5.74) is 2.01. The van der Waals surface area contributed by atoms with Crippen LogP contribution in [0.1, 0.15) is 33.0 Å². The first-order valence-electron chi connectivity index (χ1n) is 9.63. The molecule has 3 aromatic carbocycles. The van der Waals surface area contributed by atoms with Gasteiger partial charge in [0.15, 0.2) is 0 Å². The van der Waals surface area contributed by atoms with Crippen molar-refractivity contribution in [1.82, 2.24) is 4.90 Å². The molecule has 7 heteroatoms. The van der Waals surface area contributed by atoms with Gasteiger partial charge in [-0.1, -0.05) is 71.4 Å². The van der Waals surface area contributed by atoms with Crippen molar-refractivity contribution >= 4 is 29.6 Å². The number of benzene rings is 3. The molecule has 0 aromatic heterocycles. The quantitative estimate of drug-likeness (QED) is 0.312. The average molecular weight is 437 g/mol. The predicted octanol–water partition coefficient (Wildman–Crippen LogP) is 4.95. The number of amides is 2. The zero-order valence-corrected chi connectivity index (χ0v) is 17.1. The molecule has 1 unspecified atom stereocenters. The second-order valence-electron chi connectivity index (χ2n) is 7.01. The van der Waals surface area contributed by atoms with E-state index in [1.54, 1.807) is 30.3 Å². The highest BCUT2D eigenvalue weighted by Crippen LogP contribution is 2.29. The predicted molar refractivity (Wildman–Crippen MR) is 115 cm³/mol. The molecule has 5 nitrogen and oxygen atoms in total. The molecule has 3 aromatic rings. The molecule has 0 saturated heterocycles. The maximum atomic E-state index is 13.9. The van der Waals surface area contributed by atoms with Crippen LogP contribution in [0.25, 0.3) is 0 Å². The highest BCUT2D eigenvalue weighted by Gasteiger charge is 2.37. The summed E-state index contributed by atoms with van der Waals surface area (Å²) in [6.07, 6.45) is 1.33. The molecule has 2 amide bonds. The van der Waals surface area contributed by atoms with Crippen molar-refractivity contribution in [1.29, 1.82) is 0 Å². The van der Waals surface area contributed by atoms with E-state index in [9.17, 15) is 14.0 Å². The number of halogens is 2. The summed E-state index contributed by atoms with van der Waals surface area (Å²) >= 11 is 5.99. The fourth-order valence-corrected chi connectivity index (χ4v) is 3.66. The van der Waals surface area contributed by atoms with Crippen LogP contribution in [0.4, 0.5) is 4.39 Å². The summed E-state index contributed by atoms with van der Waals surface area (Å²) in [6, 6.07) is 20.5. The van der Waals surface area contributed by atoms with Crippen molar-refractivity contribution < 1.29 is 18.8 Å². The number of imide groups is 1. The van der Waals surface area contributed by atoms with Gasteiger partial charge in [0.2, 0.25) is 5.91 Å². The summed E-state index contributed by atoms with van der Waals surface area (Å²) in [5, 5.41) is 4.11. The molecule has 0 saturated carbocycles. The van der Waals surface area contributed by atoms with E-state index in [1.807, 2.05) is 30.3 Å². The highest BCUT2D eigenvalue weighted by molar-refractivity contribution is 6.31. The highest BCUT2D eigenvalue weighted by atomic mass is 35.5. The Hall–Kier alpha value is -3.51. The minimum atomic E-state index is -0.797. The molecule has 1 aliphatic rings. The van der Waals surface area contributed by atoms with Crippen LogP contribution in [0.2, 0.25) is 5.02 Å². The van der Waals surface area contributed by atoms with Gasteiger partial charge in [0, 0.05) is 11.1 Å². The van der Waals surface area contributed by atoms with Crippen molar-refractivity contribution in [2.75, 3.05) is 0 Å². The molecule has 156 valence electrons. The Morgan fingerprint density at radius 3 is 2.52 bits per heavy atom. The van der Waals surface area contributed by atoms with Gasteiger partial charge in [-0.05, 0) is 29.3 Å². The molecule has 1 heterocycles. The number of carbonyl (C=O) groups is 2. The number of hydrogen-bond acceptors (Lipinski definition) is 4. The molecule has 0 N–H and O–H groups in total. The van der Waals surface area contributed by atoms with Gasteiger partial charge < -0.3 is 4.84 Å². The van der Waals surface area contributed by atoms with Gasteiger partial charge in [-0.3, -0.25) is 14.5 Å². The summed E-state index contributed by atoms with van der Waals surface area (Å²) in [6.45, 7) is -0.0277. The van der Waals surface area contributed by atoms with E-state index in [1.165, 1.54) is 23.2 Å². The van der Waals surface area contributed by atoms with Crippen LogP contribution >= 0.6 is 11.6 Å². The monoisotopic (exact) mass is 436 g/mol. The van der Waals surface area contributed by atoms with E-state index >= 15 is 0 Å². The minimum absolute atomic E-state index is 0.156. The van der Waals surface area contributed by atoms with Gasteiger partial charge in [0.1, 0.15) is 18.3 Å². The van der Waals surface area contributed by atoms with Crippen molar-refractivity contribution in [3.8, 4) is 0 Å².